The number of carbonyl (C=O) groups is 1. The minimum absolute atomic E-state index is 0.0989. The Morgan fingerprint density at radius 1 is 1.12 bits per heavy atom. The van der Waals surface area contributed by atoms with Gasteiger partial charge < -0.3 is 14.2 Å². The molecule has 2 heterocycles. The van der Waals surface area contributed by atoms with Gasteiger partial charge in [-0.3, -0.25) is 9.69 Å². The molecule has 0 saturated heterocycles. The number of nitrogens with zero attached hydrogens (tertiary/aromatic N) is 1. The van der Waals surface area contributed by atoms with Crippen molar-refractivity contribution in [3.05, 3.63) is 92.6 Å². The van der Waals surface area contributed by atoms with Crippen molar-refractivity contribution < 1.29 is 19.0 Å². The third kappa shape index (κ3) is 3.92. The van der Waals surface area contributed by atoms with Gasteiger partial charge in [-0.1, -0.05) is 40.2 Å². The van der Waals surface area contributed by atoms with Crippen LogP contribution in [0, 0.1) is 6.92 Å². The third-order valence-electron chi connectivity index (χ3n) is 5.71. The maximum absolute atomic E-state index is 13.1. The minimum atomic E-state index is -0.0989. The van der Waals surface area contributed by atoms with E-state index >= 15 is 0 Å². The molecule has 2 aliphatic rings. The van der Waals surface area contributed by atoms with E-state index in [1.54, 1.807) is 13.2 Å². The molecule has 5 nitrogen and oxygen atoms in total. The van der Waals surface area contributed by atoms with E-state index in [2.05, 4.69) is 33.0 Å². The molecule has 0 radical (unpaired) electrons. The normalized spacial score (nSPS) is 16.3. The summed E-state index contributed by atoms with van der Waals surface area (Å²) in [5.41, 5.74) is 4.54. The van der Waals surface area contributed by atoms with Gasteiger partial charge in [0.25, 0.3) is 0 Å². The number of methoxy groups -OCH3 is 1. The summed E-state index contributed by atoms with van der Waals surface area (Å²) in [6.07, 6.45) is 1.78. The van der Waals surface area contributed by atoms with Crippen molar-refractivity contribution in [2.24, 2.45) is 0 Å². The standard InChI is InChI=1S/C26H22BrNO4/c1-16-25-19(14-28(15-31-25)13-17-6-8-21(30-2)9-7-17)12-22-24(29)23(32-26(16)22)11-18-4-3-5-20(27)10-18/h3-12H,13-15H2,1-2H3/b23-11-. The molecular formula is C26H22BrNO4. The van der Waals surface area contributed by atoms with E-state index in [0.29, 0.717) is 30.3 Å². The molecule has 3 aromatic rings. The fourth-order valence-corrected chi connectivity index (χ4v) is 4.55. The number of hydrogen-bond donors (Lipinski definition) is 0. The molecule has 0 fully saturated rings. The summed E-state index contributed by atoms with van der Waals surface area (Å²) in [5.74, 6) is 2.48. The Morgan fingerprint density at radius 3 is 2.69 bits per heavy atom. The average molecular weight is 492 g/mol. The molecule has 0 bridgehead atoms. The number of hydrogen-bond acceptors (Lipinski definition) is 5. The Balaban J connectivity index is 1.39. The Morgan fingerprint density at radius 2 is 1.94 bits per heavy atom. The molecule has 6 heteroatoms. The second-order valence-electron chi connectivity index (χ2n) is 7.97. The fourth-order valence-electron chi connectivity index (χ4n) is 4.13. The molecule has 0 saturated carbocycles. The predicted octanol–water partition coefficient (Wildman–Crippen LogP) is 5.73. The largest absolute Gasteiger partial charge is 0.497 e. The first-order valence-electron chi connectivity index (χ1n) is 10.4. The van der Waals surface area contributed by atoms with Gasteiger partial charge in [0.1, 0.15) is 24.0 Å². The molecule has 162 valence electrons. The van der Waals surface area contributed by atoms with Gasteiger partial charge in [0.05, 0.1) is 12.7 Å². The zero-order valence-corrected chi connectivity index (χ0v) is 19.4. The van der Waals surface area contributed by atoms with Gasteiger partial charge in [0.2, 0.25) is 5.78 Å². The number of fused-ring (bicyclic) bond motifs is 2. The topological polar surface area (TPSA) is 48.0 Å². The number of ketones is 1. The van der Waals surface area contributed by atoms with Crippen LogP contribution in [-0.2, 0) is 13.1 Å². The molecule has 0 unspecified atom stereocenters. The van der Waals surface area contributed by atoms with Crippen molar-refractivity contribution in [1.82, 2.24) is 4.90 Å². The molecule has 5 rings (SSSR count). The molecule has 32 heavy (non-hydrogen) atoms. The second-order valence-corrected chi connectivity index (χ2v) is 8.89. The highest BCUT2D eigenvalue weighted by Crippen LogP contribution is 2.43. The maximum atomic E-state index is 13.1. The monoisotopic (exact) mass is 491 g/mol. The molecule has 0 aliphatic carbocycles. The van der Waals surface area contributed by atoms with Crippen molar-refractivity contribution in [1.29, 1.82) is 0 Å². The zero-order chi connectivity index (χ0) is 22.2. The highest BCUT2D eigenvalue weighted by atomic mass is 79.9. The highest BCUT2D eigenvalue weighted by molar-refractivity contribution is 9.10. The first-order chi connectivity index (χ1) is 15.5. The summed E-state index contributed by atoms with van der Waals surface area (Å²) < 4.78 is 18.3. The van der Waals surface area contributed by atoms with E-state index in [-0.39, 0.29) is 5.78 Å². The summed E-state index contributed by atoms with van der Waals surface area (Å²) in [4.78, 5) is 15.3. The Bertz CT molecular complexity index is 1230. The fraction of sp³-hybridized carbons (Fsp3) is 0.192. The van der Waals surface area contributed by atoms with E-state index in [1.807, 2.05) is 49.4 Å². The summed E-state index contributed by atoms with van der Waals surface area (Å²) in [5, 5.41) is 0. The number of benzene rings is 3. The first-order valence-corrected chi connectivity index (χ1v) is 11.2. The Hall–Kier alpha value is -3.09. The van der Waals surface area contributed by atoms with Gasteiger partial charge in [0.15, 0.2) is 5.76 Å². The molecule has 0 atom stereocenters. The van der Waals surface area contributed by atoms with Crippen LogP contribution in [0.25, 0.3) is 6.08 Å². The molecule has 0 amide bonds. The van der Waals surface area contributed by atoms with E-state index in [4.69, 9.17) is 14.2 Å². The lowest BCUT2D eigenvalue weighted by molar-refractivity contribution is 0.0876. The number of ether oxygens (including phenoxy) is 3. The molecule has 0 aromatic heterocycles. The van der Waals surface area contributed by atoms with Crippen molar-refractivity contribution in [3.63, 3.8) is 0 Å². The Labute approximate surface area is 195 Å². The van der Waals surface area contributed by atoms with Crippen LogP contribution in [0.15, 0.2) is 64.8 Å². The van der Waals surface area contributed by atoms with E-state index < -0.39 is 0 Å². The van der Waals surface area contributed by atoms with Gasteiger partial charge in [-0.25, -0.2) is 0 Å². The van der Waals surface area contributed by atoms with Crippen LogP contribution in [0.3, 0.4) is 0 Å². The number of carbonyl (C=O) groups excluding carboxylic acids is 1. The van der Waals surface area contributed by atoms with Gasteiger partial charge in [0, 0.05) is 28.7 Å². The minimum Gasteiger partial charge on any atom is -0.497 e. The van der Waals surface area contributed by atoms with Crippen LogP contribution in [0.1, 0.15) is 32.6 Å². The number of rotatable bonds is 4. The molecule has 3 aromatic carbocycles. The van der Waals surface area contributed by atoms with Gasteiger partial charge >= 0.3 is 0 Å². The summed E-state index contributed by atoms with van der Waals surface area (Å²) >= 11 is 3.47. The SMILES string of the molecule is COc1ccc(CN2COc3c(cc4c(c3C)O/C(=C\c3cccc(Br)c3)C4=O)C2)cc1. The van der Waals surface area contributed by atoms with Gasteiger partial charge in [-0.05, 0) is 54.5 Å². The Kier molecular flexibility index (Phi) is 5.49. The smallest absolute Gasteiger partial charge is 0.231 e. The van der Waals surface area contributed by atoms with Crippen molar-refractivity contribution >= 4 is 27.8 Å². The van der Waals surface area contributed by atoms with Crippen LogP contribution in [0.2, 0.25) is 0 Å². The third-order valence-corrected chi connectivity index (χ3v) is 6.21. The first kappa shape index (κ1) is 20.8. The van der Waals surface area contributed by atoms with E-state index in [0.717, 1.165) is 39.2 Å². The van der Waals surface area contributed by atoms with Crippen molar-refractivity contribution in [3.8, 4) is 17.2 Å². The van der Waals surface area contributed by atoms with Gasteiger partial charge in [-0.2, -0.15) is 0 Å². The van der Waals surface area contributed by atoms with E-state index in [9.17, 15) is 4.79 Å². The van der Waals surface area contributed by atoms with Crippen molar-refractivity contribution in [2.45, 2.75) is 20.0 Å². The van der Waals surface area contributed by atoms with Gasteiger partial charge in [-0.15, -0.1) is 0 Å². The highest BCUT2D eigenvalue weighted by Gasteiger charge is 2.33. The van der Waals surface area contributed by atoms with Crippen LogP contribution in [0.5, 0.6) is 17.2 Å². The molecular weight excluding hydrogens is 470 g/mol. The van der Waals surface area contributed by atoms with Crippen LogP contribution in [0.4, 0.5) is 0 Å². The van der Waals surface area contributed by atoms with Crippen LogP contribution in [-0.4, -0.2) is 24.5 Å². The zero-order valence-electron chi connectivity index (χ0n) is 17.9. The lowest BCUT2D eigenvalue weighted by Crippen LogP contribution is -2.32. The predicted molar refractivity (Wildman–Crippen MR) is 126 cm³/mol. The summed E-state index contributed by atoms with van der Waals surface area (Å²) in [6, 6.07) is 17.7. The molecule has 0 spiro atoms. The molecule has 0 N–H and O–H groups in total. The molecule has 2 aliphatic heterocycles. The quantitative estimate of drug-likeness (QED) is 0.435. The number of allylic oxidation sites excluding steroid dienone is 1. The van der Waals surface area contributed by atoms with Crippen molar-refractivity contribution in [2.75, 3.05) is 13.8 Å². The van der Waals surface area contributed by atoms with E-state index in [1.165, 1.54) is 5.56 Å². The van der Waals surface area contributed by atoms with Crippen LogP contribution < -0.4 is 14.2 Å². The number of halogens is 1. The average Bonchev–Trinajstić information content (AvgIpc) is 3.10. The number of Topliss-reactive ketones (excluding diaryl/α,β-unsaturated/α-hetero) is 1. The lowest BCUT2D eigenvalue weighted by atomic mass is 10.00. The summed E-state index contributed by atoms with van der Waals surface area (Å²) in [6.45, 7) is 3.88. The van der Waals surface area contributed by atoms with Crippen LogP contribution >= 0.6 is 15.9 Å². The summed E-state index contributed by atoms with van der Waals surface area (Å²) in [7, 11) is 1.66. The second kappa shape index (κ2) is 8.45. The maximum Gasteiger partial charge on any atom is 0.231 e. The lowest BCUT2D eigenvalue weighted by Gasteiger charge is -2.30.